The number of aromatic nitrogens is 4. The van der Waals surface area contributed by atoms with Crippen molar-refractivity contribution in [3.63, 3.8) is 0 Å². The maximum Gasteiger partial charge on any atom is 0.308 e. The summed E-state index contributed by atoms with van der Waals surface area (Å²) in [6.45, 7) is 7.92. The fourth-order valence-corrected chi connectivity index (χ4v) is 3.46. The van der Waals surface area contributed by atoms with Crippen molar-refractivity contribution in [3.05, 3.63) is 58.7 Å². The first-order chi connectivity index (χ1) is 14.4. The molecule has 158 valence electrons. The summed E-state index contributed by atoms with van der Waals surface area (Å²) in [5.41, 5.74) is 4.72. The molecule has 2 aromatic heterocycles. The number of ether oxygens (including phenoxy) is 1. The van der Waals surface area contributed by atoms with E-state index in [2.05, 4.69) is 20.4 Å². The molecule has 0 aliphatic carbocycles. The third-order valence-electron chi connectivity index (χ3n) is 5.08. The number of carbonyl (C=O) groups excluding carboxylic acids is 2. The smallest absolute Gasteiger partial charge is 0.308 e. The van der Waals surface area contributed by atoms with Gasteiger partial charge in [0.05, 0.1) is 19.1 Å². The second kappa shape index (κ2) is 9.47. The van der Waals surface area contributed by atoms with Gasteiger partial charge in [0.1, 0.15) is 6.33 Å². The largest absolute Gasteiger partial charge is 0.466 e. The number of aryl methyl sites for hydroxylation is 3. The number of nitrogens with zero attached hydrogens (tertiary/aromatic N) is 4. The highest BCUT2D eigenvalue weighted by molar-refractivity contribution is 5.78. The second-order valence-electron chi connectivity index (χ2n) is 7.27. The number of rotatable bonds is 8. The van der Waals surface area contributed by atoms with Crippen molar-refractivity contribution >= 4 is 17.7 Å². The number of esters is 1. The fraction of sp³-hybridized carbons (Fsp3) is 0.409. The summed E-state index contributed by atoms with van der Waals surface area (Å²) in [4.78, 5) is 33.3. The topological polar surface area (TPSA) is 98.5 Å². The quantitative estimate of drug-likeness (QED) is 0.575. The molecule has 0 spiro atoms. The van der Waals surface area contributed by atoms with Gasteiger partial charge >= 0.3 is 5.97 Å². The summed E-state index contributed by atoms with van der Waals surface area (Å²) < 4.78 is 6.76. The van der Waals surface area contributed by atoms with Crippen molar-refractivity contribution in [2.45, 2.75) is 53.0 Å². The molecule has 1 unspecified atom stereocenters. The average Bonchev–Trinajstić information content (AvgIpc) is 3.16. The van der Waals surface area contributed by atoms with Crippen LogP contribution in [0.25, 0.3) is 5.78 Å². The van der Waals surface area contributed by atoms with Gasteiger partial charge in [-0.15, -0.1) is 0 Å². The van der Waals surface area contributed by atoms with Crippen LogP contribution in [0.15, 0.2) is 30.6 Å². The molecule has 1 atom stereocenters. The molecule has 1 N–H and O–H groups in total. The standard InChI is InChI=1S/C22H27N5O3/c1-5-30-21(29)12-19(17-8-6-14(2)7-9-17)26-20(28)11-10-18-15(3)25-22-23-13-24-27(22)16(18)4/h6-9,13,19H,5,10-12H2,1-4H3,(H,26,28). The molecule has 0 aliphatic rings. The predicted molar refractivity (Wildman–Crippen MR) is 112 cm³/mol. The number of hydrogen-bond donors (Lipinski definition) is 1. The molecule has 8 nitrogen and oxygen atoms in total. The van der Waals surface area contributed by atoms with Gasteiger partial charge in [0, 0.05) is 17.8 Å². The zero-order valence-corrected chi connectivity index (χ0v) is 17.8. The van der Waals surface area contributed by atoms with Crippen LogP contribution in [0.2, 0.25) is 0 Å². The van der Waals surface area contributed by atoms with Gasteiger partial charge in [-0.25, -0.2) is 9.50 Å². The minimum Gasteiger partial charge on any atom is -0.466 e. The van der Waals surface area contributed by atoms with Gasteiger partial charge < -0.3 is 10.1 Å². The Kier molecular flexibility index (Phi) is 6.76. The highest BCUT2D eigenvalue weighted by Gasteiger charge is 2.20. The number of amides is 1. The molecule has 0 bridgehead atoms. The summed E-state index contributed by atoms with van der Waals surface area (Å²) in [6.07, 6.45) is 2.35. The van der Waals surface area contributed by atoms with Crippen molar-refractivity contribution < 1.29 is 14.3 Å². The van der Waals surface area contributed by atoms with Crippen LogP contribution in [-0.2, 0) is 20.7 Å². The van der Waals surface area contributed by atoms with E-state index in [0.717, 1.165) is 28.1 Å². The van der Waals surface area contributed by atoms with Gasteiger partial charge in [0.15, 0.2) is 0 Å². The minimum absolute atomic E-state index is 0.0904. The van der Waals surface area contributed by atoms with Gasteiger partial charge in [-0.2, -0.15) is 10.1 Å². The van der Waals surface area contributed by atoms with Gasteiger partial charge in [-0.3, -0.25) is 9.59 Å². The molecular weight excluding hydrogens is 382 g/mol. The molecule has 8 heteroatoms. The Morgan fingerprint density at radius 1 is 1.17 bits per heavy atom. The Hall–Kier alpha value is -3.29. The second-order valence-corrected chi connectivity index (χ2v) is 7.27. The van der Waals surface area contributed by atoms with Crippen molar-refractivity contribution in [2.75, 3.05) is 6.61 Å². The molecule has 0 fully saturated rings. The molecule has 1 aromatic carbocycles. The highest BCUT2D eigenvalue weighted by atomic mass is 16.5. The average molecular weight is 409 g/mol. The molecule has 1 amide bonds. The van der Waals surface area contributed by atoms with Crippen LogP contribution in [0, 0.1) is 20.8 Å². The summed E-state index contributed by atoms with van der Waals surface area (Å²) in [5, 5.41) is 7.17. The van der Waals surface area contributed by atoms with E-state index in [0.29, 0.717) is 18.8 Å². The van der Waals surface area contributed by atoms with Gasteiger partial charge in [0.25, 0.3) is 5.78 Å². The molecule has 3 rings (SSSR count). The van der Waals surface area contributed by atoms with Gasteiger partial charge in [-0.05, 0) is 45.2 Å². The molecule has 0 saturated carbocycles. The Balaban J connectivity index is 1.71. The van der Waals surface area contributed by atoms with Crippen LogP contribution < -0.4 is 5.32 Å². The van der Waals surface area contributed by atoms with Gasteiger partial charge in [0.2, 0.25) is 5.91 Å². The van der Waals surface area contributed by atoms with Crippen molar-refractivity contribution in [3.8, 4) is 0 Å². The number of fused-ring (bicyclic) bond motifs is 1. The molecule has 0 saturated heterocycles. The van der Waals surface area contributed by atoms with Crippen molar-refractivity contribution in [1.29, 1.82) is 0 Å². The normalized spacial score (nSPS) is 12.0. The molecule has 3 aromatic rings. The van der Waals surface area contributed by atoms with Crippen LogP contribution >= 0.6 is 0 Å². The summed E-state index contributed by atoms with van der Waals surface area (Å²) >= 11 is 0. The van der Waals surface area contributed by atoms with Crippen molar-refractivity contribution in [1.82, 2.24) is 24.9 Å². The maximum atomic E-state index is 12.7. The van der Waals surface area contributed by atoms with E-state index >= 15 is 0 Å². The monoisotopic (exact) mass is 409 g/mol. The lowest BCUT2D eigenvalue weighted by atomic mass is 10.0. The lowest BCUT2D eigenvalue weighted by Crippen LogP contribution is -2.31. The molecule has 30 heavy (non-hydrogen) atoms. The first-order valence-electron chi connectivity index (χ1n) is 10.1. The summed E-state index contributed by atoms with van der Waals surface area (Å²) in [6, 6.07) is 7.35. The fourth-order valence-electron chi connectivity index (χ4n) is 3.46. The van der Waals surface area contributed by atoms with E-state index < -0.39 is 6.04 Å². The Bertz CT molecular complexity index is 1040. The third-order valence-corrected chi connectivity index (χ3v) is 5.08. The molecule has 0 radical (unpaired) electrons. The lowest BCUT2D eigenvalue weighted by molar-refractivity contribution is -0.143. The zero-order chi connectivity index (χ0) is 21.7. The number of nitrogens with one attached hydrogen (secondary N) is 1. The van der Waals surface area contributed by atoms with E-state index in [9.17, 15) is 9.59 Å². The van der Waals surface area contributed by atoms with Crippen LogP contribution in [0.1, 0.15) is 53.9 Å². The maximum absolute atomic E-state index is 12.7. The first kappa shape index (κ1) is 21.4. The Labute approximate surface area is 175 Å². The molecule has 0 aliphatic heterocycles. The Morgan fingerprint density at radius 3 is 2.60 bits per heavy atom. The van der Waals surface area contributed by atoms with E-state index in [-0.39, 0.29) is 24.7 Å². The van der Waals surface area contributed by atoms with E-state index in [1.54, 1.807) is 11.4 Å². The van der Waals surface area contributed by atoms with Crippen molar-refractivity contribution in [2.24, 2.45) is 0 Å². The predicted octanol–water partition coefficient (Wildman–Crippen LogP) is 2.79. The SMILES string of the molecule is CCOC(=O)CC(NC(=O)CCc1c(C)nc2ncnn2c1C)c1ccc(C)cc1. The van der Waals surface area contributed by atoms with Crippen LogP contribution in [-0.4, -0.2) is 38.1 Å². The number of carbonyl (C=O) groups is 2. The van der Waals surface area contributed by atoms with Crippen LogP contribution in [0.3, 0.4) is 0 Å². The van der Waals surface area contributed by atoms with Gasteiger partial charge in [-0.1, -0.05) is 29.8 Å². The number of benzene rings is 1. The summed E-state index contributed by atoms with van der Waals surface area (Å²) in [7, 11) is 0. The van der Waals surface area contributed by atoms with E-state index in [1.807, 2.05) is 45.0 Å². The third kappa shape index (κ3) is 5.00. The molecule has 2 heterocycles. The first-order valence-corrected chi connectivity index (χ1v) is 10.1. The van der Waals surface area contributed by atoms with E-state index in [4.69, 9.17) is 4.74 Å². The number of hydrogen-bond acceptors (Lipinski definition) is 6. The zero-order valence-electron chi connectivity index (χ0n) is 17.8. The van der Waals surface area contributed by atoms with Crippen LogP contribution in [0.5, 0.6) is 0 Å². The minimum atomic E-state index is -0.435. The van der Waals surface area contributed by atoms with E-state index in [1.165, 1.54) is 6.33 Å². The summed E-state index contributed by atoms with van der Waals surface area (Å²) in [5.74, 6) is 0.0744. The Morgan fingerprint density at radius 2 is 1.90 bits per heavy atom. The lowest BCUT2D eigenvalue weighted by Gasteiger charge is -2.19. The van der Waals surface area contributed by atoms with Crippen LogP contribution in [0.4, 0.5) is 0 Å². The molecular formula is C22H27N5O3. The highest BCUT2D eigenvalue weighted by Crippen LogP contribution is 2.20.